The van der Waals surface area contributed by atoms with E-state index in [-0.39, 0.29) is 11.9 Å². The maximum atomic E-state index is 8.71. The molecular formula is C15H22ClN3O2. The molecule has 21 heavy (non-hydrogen) atoms. The van der Waals surface area contributed by atoms with Gasteiger partial charge in [0.05, 0.1) is 16.8 Å². The number of nitrogens with zero attached hydrogens (tertiary/aromatic N) is 2. The number of hydrogen-bond donors (Lipinski definition) is 2. The molecule has 6 heteroatoms. The lowest BCUT2D eigenvalue weighted by molar-refractivity contribution is 0.0440. The minimum atomic E-state index is 0.0613. The second kappa shape index (κ2) is 7.52. The van der Waals surface area contributed by atoms with Crippen LogP contribution in [0.4, 0.5) is 5.69 Å². The quantitative estimate of drug-likeness (QED) is 0.380. The molecule has 1 saturated heterocycles. The Morgan fingerprint density at radius 3 is 3.05 bits per heavy atom. The zero-order valence-electron chi connectivity index (χ0n) is 12.3. The van der Waals surface area contributed by atoms with Gasteiger partial charge in [0.1, 0.15) is 0 Å². The molecule has 1 unspecified atom stereocenters. The van der Waals surface area contributed by atoms with Crippen molar-refractivity contribution in [3.8, 4) is 0 Å². The van der Waals surface area contributed by atoms with E-state index in [0.717, 1.165) is 44.6 Å². The van der Waals surface area contributed by atoms with Crippen molar-refractivity contribution in [2.45, 2.75) is 32.3 Å². The lowest BCUT2D eigenvalue weighted by Gasteiger charge is -2.34. The minimum Gasteiger partial charge on any atom is -0.409 e. The summed E-state index contributed by atoms with van der Waals surface area (Å²) >= 11 is 6.34. The Balaban J connectivity index is 2.10. The monoisotopic (exact) mass is 311 g/mol. The third kappa shape index (κ3) is 4.02. The number of oxime groups is 1. The molecular weight excluding hydrogens is 290 g/mol. The van der Waals surface area contributed by atoms with Crippen LogP contribution in [0.3, 0.4) is 0 Å². The number of anilines is 1. The van der Waals surface area contributed by atoms with Crippen molar-refractivity contribution in [2.75, 3.05) is 24.6 Å². The lowest BCUT2D eigenvalue weighted by atomic mass is 10.1. The van der Waals surface area contributed by atoms with E-state index in [4.69, 9.17) is 27.3 Å². The summed E-state index contributed by atoms with van der Waals surface area (Å²) in [6, 6.07) is 5.45. The van der Waals surface area contributed by atoms with E-state index in [1.54, 1.807) is 6.07 Å². The fourth-order valence-corrected chi connectivity index (χ4v) is 2.86. The first-order valence-corrected chi connectivity index (χ1v) is 7.67. The molecule has 1 aromatic rings. The molecule has 0 amide bonds. The molecule has 0 aromatic heterocycles. The molecule has 1 fully saturated rings. The van der Waals surface area contributed by atoms with Gasteiger partial charge in [0.2, 0.25) is 0 Å². The van der Waals surface area contributed by atoms with Crippen LogP contribution in [0.25, 0.3) is 0 Å². The van der Waals surface area contributed by atoms with E-state index in [0.29, 0.717) is 10.6 Å². The zero-order chi connectivity index (χ0) is 15.2. The predicted octanol–water partition coefficient (Wildman–Crippen LogP) is 2.83. The molecule has 116 valence electrons. The van der Waals surface area contributed by atoms with E-state index in [1.807, 2.05) is 12.1 Å². The highest BCUT2D eigenvalue weighted by Crippen LogP contribution is 2.29. The molecule has 1 atom stereocenters. The molecule has 1 aromatic carbocycles. The Hall–Kier alpha value is -1.46. The van der Waals surface area contributed by atoms with Crippen molar-refractivity contribution >= 4 is 23.1 Å². The molecule has 1 heterocycles. The summed E-state index contributed by atoms with van der Waals surface area (Å²) in [5, 5.41) is 12.3. The van der Waals surface area contributed by atoms with Crippen LogP contribution in [0.5, 0.6) is 0 Å². The molecule has 1 aliphatic heterocycles. The van der Waals surface area contributed by atoms with Crippen LogP contribution in [0.1, 0.15) is 31.7 Å². The molecule has 1 aliphatic rings. The van der Waals surface area contributed by atoms with Gasteiger partial charge < -0.3 is 20.6 Å². The van der Waals surface area contributed by atoms with Gasteiger partial charge in [-0.15, -0.1) is 0 Å². The van der Waals surface area contributed by atoms with Crippen molar-refractivity contribution < 1.29 is 9.94 Å². The Kier molecular flexibility index (Phi) is 5.70. The first-order chi connectivity index (χ1) is 10.2. The first-order valence-electron chi connectivity index (χ1n) is 7.29. The van der Waals surface area contributed by atoms with Gasteiger partial charge in [-0.05, 0) is 37.5 Å². The summed E-state index contributed by atoms with van der Waals surface area (Å²) in [6.45, 7) is 4.73. The van der Waals surface area contributed by atoms with Crippen LogP contribution in [0.15, 0.2) is 23.4 Å². The Morgan fingerprint density at radius 1 is 1.57 bits per heavy atom. The highest BCUT2D eigenvalue weighted by molar-refractivity contribution is 6.33. The van der Waals surface area contributed by atoms with E-state index < -0.39 is 0 Å². The van der Waals surface area contributed by atoms with Crippen molar-refractivity contribution in [1.29, 1.82) is 0 Å². The molecule has 0 bridgehead atoms. The van der Waals surface area contributed by atoms with Crippen molar-refractivity contribution in [3.05, 3.63) is 28.8 Å². The minimum absolute atomic E-state index is 0.0613. The number of ether oxygens (including phenoxy) is 1. The molecule has 0 radical (unpaired) electrons. The number of rotatable bonds is 5. The summed E-state index contributed by atoms with van der Waals surface area (Å²) in [7, 11) is 0. The molecule has 0 saturated carbocycles. The summed E-state index contributed by atoms with van der Waals surface area (Å²) in [6.07, 6.45) is 3.48. The number of hydrogen-bond acceptors (Lipinski definition) is 4. The Bertz CT molecular complexity index is 508. The van der Waals surface area contributed by atoms with Gasteiger partial charge in [0.25, 0.3) is 0 Å². The largest absolute Gasteiger partial charge is 0.409 e. The van der Waals surface area contributed by atoms with Gasteiger partial charge >= 0.3 is 0 Å². The van der Waals surface area contributed by atoms with Crippen LogP contribution >= 0.6 is 11.6 Å². The fraction of sp³-hybridized carbons (Fsp3) is 0.533. The fourth-order valence-electron chi connectivity index (χ4n) is 2.56. The van der Waals surface area contributed by atoms with Gasteiger partial charge in [-0.25, -0.2) is 0 Å². The number of benzene rings is 1. The summed E-state index contributed by atoms with van der Waals surface area (Å²) in [5.74, 6) is 0.0613. The lowest BCUT2D eigenvalue weighted by Crippen LogP contribution is -2.40. The third-order valence-corrected chi connectivity index (χ3v) is 3.93. The Morgan fingerprint density at radius 2 is 2.38 bits per heavy atom. The highest BCUT2D eigenvalue weighted by atomic mass is 35.5. The van der Waals surface area contributed by atoms with Crippen LogP contribution in [-0.2, 0) is 4.74 Å². The van der Waals surface area contributed by atoms with Gasteiger partial charge in [-0.3, -0.25) is 0 Å². The van der Waals surface area contributed by atoms with E-state index in [1.165, 1.54) is 0 Å². The Labute approximate surface area is 130 Å². The zero-order valence-corrected chi connectivity index (χ0v) is 13.0. The van der Waals surface area contributed by atoms with Crippen molar-refractivity contribution in [2.24, 2.45) is 10.9 Å². The summed E-state index contributed by atoms with van der Waals surface area (Å²) in [5.41, 5.74) is 7.16. The normalized spacial score (nSPS) is 19.8. The van der Waals surface area contributed by atoms with E-state index >= 15 is 0 Å². The van der Waals surface area contributed by atoms with Gasteiger partial charge in [0.15, 0.2) is 5.84 Å². The second-order valence-corrected chi connectivity index (χ2v) is 5.64. The van der Waals surface area contributed by atoms with E-state index in [9.17, 15) is 0 Å². The standard InChI is InChI=1S/C15H22ClN3O2/c1-2-8-21-12-4-3-7-19(10-12)14-6-5-11(9-13(14)16)15(17)18-20/h5-6,9,12,20H,2-4,7-8,10H2,1H3,(H2,17,18). The average Bonchev–Trinajstić information content (AvgIpc) is 2.52. The van der Waals surface area contributed by atoms with E-state index in [2.05, 4.69) is 17.0 Å². The molecule has 0 spiro atoms. The maximum absolute atomic E-state index is 8.71. The summed E-state index contributed by atoms with van der Waals surface area (Å²) < 4.78 is 5.85. The van der Waals surface area contributed by atoms with Gasteiger partial charge in [-0.2, -0.15) is 0 Å². The molecule has 3 N–H and O–H groups in total. The SMILES string of the molecule is CCCOC1CCCN(c2ccc(C(N)=NO)cc2Cl)C1. The van der Waals surface area contributed by atoms with Crippen LogP contribution in [0.2, 0.25) is 5.02 Å². The number of amidine groups is 1. The molecule has 2 rings (SSSR count). The van der Waals surface area contributed by atoms with Crippen molar-refractivity contribution in [3.63, 3.8) is 0 Å². The van der Waals surface area contributed by atoms with Crippen LogP contribution < -0.4 is 10.6 Å². The molecule has 0 aliphatic carbocycles. The second-order valence-electron chi connectivity index (χ2n) is 5.23. The molecule has 5 nitrogen and oxygen atoms in total. The topological polar surface area (TPSA) is 71.1 Å². The number of nitrogens with two attached hydrogens (primary N) is 1. The maximum Gasteiger partial charge on any atom is 0.170 e. The predicted molar refractivity (Wildman–Crippen MR) is 85.4 cm³/mol. The van der Waals surface area contributed by atoms with Gasteiger partial charge in [-0.1, -0.05) is 23.7 Å². The highest BCUT2D eigenvalue weighted by Gasteiger charge is 2.22. The number of halogens is 1. The van der Waals surface area contributed by atoms with Crippen LogP contribution in [-0.4, -0.2) is 36.8 Å². The van der Waals surface area contributed by atoms with Crippen molar-refractivity contribution in [1.82, 2.24) is 0 Å². The average molecular weight is 312 g/mol. The number of piperidine rings is 1. The summed E-state index contributed by atoms with van der Waals surface area (Å²) in [4.78, 5) is 2.24. The smallest absolute Gasteiger partial charge is 0.170 e. The van der Waals surface area contributed by atoms with Gasteiger partial charge in [0, 0.05) is 25.3 Å². The first kappa shape index (κ1) is 15.9. The third-order valence-electron chi connectivity index (χ3n) is 3.63. The van der Waals surface area contributed by atoms with Crippen LogP contribution in [0, 0.1) is 0 Å².